The Labute approximate surface area is 112 Å². The minimum Gasteiger partial charge on any atom is -0.350 e. The highest BCUT2D eigenvalue weighted by Crippen LogP contribution is 2.31. The quantitative estimate of drug-likeness (QED) is 0.446. The third-order valence-corrected chi connectivity index (χ3v) is 3.45. The maximum absolute atomic E-state index is 11.2. The van der Waals surface area contributed by atoms with Crippen LogP contribution >= 0.6 is 0 Å². The number of carbonyl (C=O) groups is 1. The highest BCUT2D eigenvalue weighted by Gasteiger charge is 2.25. The van der Waals surface area contributed by atoms with Gasteiger partial charge in [0.05, 0.1) is 0 Å². The number of benzene rings is 1. The van der Waals surface area contributed by atoms with Crippen molar-refractivity contribution in [1.82, 2.24) is 15.3 Å². The van der Waals surface area contributed by atoms with Gasteiger partial charge in [-0.05, 0) is 11.6 Å². The molecule has 4 N–H and O–H groups in total. The summed E-state index contributed by atoms with van der Waals surface area (Å²) in [4.78, 5) is 11.2. The zero-order chi connectivity index (χ0) is 14.0. The zero-order valence-electron chi connectivity index (χ0n) is 11.5. The number of aryl methyl sites for hydroxylation is 1. The lowest BCUT2D eigenvalue weighted by Crippen LogP contribution is -2.44. The Hall–Kier alpha value is -2.01. The van der Waals surface area contributed by atoms with Gasteiger partial charge in [0.2, 0.25) is 0 Å². The van der Waals surface area contributed by atoms with Gasteiger partial charge in [0.1, 0.15) is 0 Å². The lowest BCUT2D eigenvalue weighted by molar-refractivity contribution is 0.238. The standard InChI is InChI=1S/C14H20N4O/c1-14(2,9-16-13(19)17-15)11-8-18(3)12-7-5-4-6-10(11)12/h4-8H,9,15H2,1-3H3,(H2,16,17,19). The normalized spacial score (nSPS) is 11.6. The molecule has 2 rings (SSSR count). The van der Waals surface area contributed by atoms with Crippen molar-refractivity contribution in [3.05, 3.63) is 36.0 Å². The average Bonchev–Trinajstić information content (AvgIpc) is 2.75. The van der Waals surface area contributed by atoms with Gasteiger partial charge in [-0.1, -0.05) is 32.0 Å². The van der Waals surface area contributed by atoms with Crippen LogP contribution in [-0.4, -0.2) is 17.1 Å². The molecule has 0 aliphatic heterocycles. The van der Waals surface area contributed by atoms with Gasteiger partial charge in [-0.2, -0.15) is 0 Å². The van der Waals surface area contributed by atoms with Gasteiger partial charge in [-0.3, -0.25) is 5.43 Å². The molecule has 2 amide bonds. The molecule has 1 aromatic carbocycles. The Morgan fingerprint density at radius 1 is 1.37 bits per heavy atom. The van der Waals surface area contributed by atoms with Crippen molar-refractivity contribution in [2.75, 3.05) is 6.54 Å². The van der Waals surface area contributed by atoms with Gasteiger partial charge in [0.15, 0.2) is 0 Å². The Kier molecular flexibility index (Phi) is 3.48. The van der Waals surface area contributed by atoms with Crippen LogP contribution in [0.25, 0.3) is 10.9 Å². The molecule has 102 valence electrons. The van der Waals surface area contributed by atoms with Gasteiger partial charge in [0, 0.05) is 36.1 Å². The predicted molar refractivity (Wildman–Crippen MR) is 76.7 cm³/mol. The molecule has 0 aliphatic rings. The number of nitrogens with zero attached hydrogens (tertiary/aromatic N) is 1. The highest BCUT2D eigenvalue weighted by molar-refractivity contribution is 5.85. The summed E-state index contributed by atoms with van der Waals surface area (Å²) >= 11 is 0. The molecule has 0 radical (unpaired) electrons. The van der Waals surface area contributed by atoms with E-state index < -0.39 is 0 Å². The number of para-hydroxylation sites is 1. The van der Waals surface area contributed by atoms with Crippen LogP contribution < -0.4 is 16.6 Å². The second-order valence-corrected chi connectivity index (χ2v) is 5.38. The highest BCUT2D eigenvalue weighted by atomic mass is 16.2. The molecule has 0 aliphatic carbocycles. The molecule has 2 aromatic rings. The number of hydrogen-bond acceptors (Lipinski definition) is 2. The number of amides is 2. The summed E-state index contributed by atoms with van der Waals surface area (Å²) in [5.74, 6) is 5.07. The summed E-state index contributed by atoms with van der Waals surface area (Å²) < 4.78 is 2.11. The van der Waals surface area contributed by atoms with E-state index in [2.05, 4.69) is 47.5 Å². The topological polar surface area (TPSA) is 72.1 Å². The number of fused-ring (bicyclic) bond motifs is 1. The SMILES string of the molecule is Cn1cc(C(C)(C)CNC(=O)NN)c2ccccc21. The Balaban J connectivity index is 2.34. The van der Waals surface area contributed by atoms with Crippen LogP contribution in [0.1, 0.15) is 19.4 Å². The van der Waals surface area contributed by atoms with Crippen LogP contribution in [-0.2, 0) is 12.5 Å². The summed E-state index contributed by atoms with van der Waals surface area (Å²) in [6, 6.07) is 7.89. The van der Waals surface area contributed by atoms with Crippen molar-refractivity contribution >= 4 is 16.9 Å². The molecule has 0 spiro atoms. The molecule has 0 atom stereocenters. The van der Waals surface area contributed by atoms with Gasteiger partial charge in [-0.15, -0.1) is 0 Å². The maximum atomic E-state index is 11.2. The molecule has 0 saturated carbocycles. The van der Waals surface area contributed by atoms with Crippen LogP contribution in [0, 0.1) is 0 Å². The third kappa shape index (κ3) is 2.56. The van der Waals surface area contributed by atoms with E-state index in [-0.39, 0.29) is 11.4 Å². The first-order valence-electron chi connectivity index (χ1n) is 6.24. The summed E-state index contributed by atoms with van der Waals surface area (Å²) in [7, 11) is 2.03. The summed E-state index contributed by atoms with van der Waals surface area (Å²) in [5, 5.41) is 3.97. The van der Waals surface area contributed by atoms with E-state index in [0.717, 1.165) is 0 Å². The lowest BCUT2D eigenvalue weighted by Gasteiger charge is -2.24. The van der Waals surface area contributed by atoms with Crippen LogP contribution in [0.15, 0.2) is 30.5 Å². The summed E-state index contributed by atoms with van der Waals surface area (Å²) in [6.07, 6.45) is 2.12. The second kappa shape index (κ2) is 4.93. The van der Waals surface area contributed by atoms with Crippen LogP contribution in [0.2, 0.25) is 0 Å². The van der Waals surface area contributed by atoms with E-state index in [9.17, 15) is 4.79 Å². The smallest absolute Gasteiger partial charge is 0.328 e. The van der Waals surface area contributed by atoms with Crippen molar-refractivity contribution in [1.29, 1.82) is 0 Å². The largest absolute Gasteiger partial charge is 0.350 e. The van der Waals surface area contributed by atoms with E-state index in [0.29, 0.717) is 6.54 Å². The molecule has 19 heavy (non-hydrogen) atoms. The van der Waals surface area contributed by atoms with E-state index in [4.69, 9.17) is 5.84 Å². The molecular weight excluding hydrogens is 240 g/mol. The van der Waals surface area contributed by atoms with Crippen molar-refractivity contribution in [3.8, 4) is 0 Å². The van der Waals surface area contributed by atoms with Gasteiger partial charge >= 0.3 is 6.03 Å². The monoisotopic (exact) mass is 260 g/mol. The predicted octanol–water partition coefficient (Wildman–Crippen LogP) is 1.63. The summed E-state index contributed by atoms with van der Waals surface area (Å²) in [6.45, 7) is 4.72. The second-order valence-electron chi connectivity index (χ2n) is 5.38. The van der Waals surface area contributed by atoms with E-state index >= 15 is 0 Å². The van der Waals surface area contributed by atoms with Crippen molar-refractivity contribution in [3.63, 3.8) is 0 Å². The number of nitrogens with one attached hydrogen (secondary N) is 2. The van der Waals surface area contributed by atoms with Crippen molar-refractivity contribution < 1.29 is 4.79 Å². The number of nitrogens with two attached hydrogens (primary N) is 1. The number of urea groups is 1. The number of hydrogen-bond donors (Lipinski definition) is 3. The van der Waals surface area contributed by atoms with Crippen molar-refractivity contribution in [2.24, 2.45) is 12.9 Å². The fourth-order valence-electron chi connectivity index (χ4n) is 2.33. The van der Waals surface area contributed by atoms with Gasteiger partial charge < -0.3 is 9.88 Å². The van der Waals surface area contributed by atoms with Crippen LogP contribution in [0.5, 0.6) is 0 Å². The third-order valence-electron chi connectivity index (χ3n) is 3.45. The average molecular weight is 260 g/mol. The van der Waals surface area contributed by atoms with E-state index in [1.54, 1.807) is 0 Å². The number of hydrazine groups is 1. The fourth-order valence-corrected chi connectivity index (χ4v) is 2.33. The van der Waals surface area contributed by atoms with E-state index in [1.807, 2.05) is 19.2 Å². The first-order chi connectivity index (χ1) is 8.95. The fraction of sp³-hybridized carbons (Fsp3) is 0.357. The molecule has 0 saturated heterocycles. The van der Waals surface area contributed by atoms with Crippen LogP contribution in [0.3, 0.4) is 0 Å². The minimum absolute atomic E-state index is 0.173. The zero-order valence-corrected chi connectivity index (χ0v) is 11.5. The maximum Gasteiger partial charge on any atom is 0.328 e. The molecule has 0 unspecified atom stereocenters. The lowest BCUT2D eigenvalue weighted by atomic mass is 9.84. The Bertz CT molecular complexity index is 601. The van der Waals surface area contributed by atoms with Crippen molar-refractivity contribution in [2.45, 2.75) is 19.3 Å². The summed E-state index contributed by atoms with van der Waals surface area (Å²) in [5.41, 5.74) is 4.30. The first kappa shape index (κ1) is 13.4. The molecule has 1 heterocycles. The molecule has 5 nitrogen and oxygen atoms in total. The molecule has 0 bridgehead atoms. The Morgan fingerprint density at radius 3 is 2.74 bits per heavy atom. The van der Waals surface area contributed by atoms with Gasteiger partial charge in [0.25, 0.3) is 0 Å². The minimum atomic E-state index is -0.367. The number of rotatable bonds is 3. The van der Waals surface area contributed by atoms with Gasteiger partial charge in [-0.25, -0.2) is 10.6 Å². The van der Waals surface area contributed by atoms with E-state index in [1.165, 1.54) is 16.5 Å². The van der Waals surface area contributed by atoms with Crippen LogP contribution in [0.4, 0.5) is 4.79 Å². The molecule has 5 heteroatoms. The number of aromatic nitrogens is 1. The molecule has 1 aromatic heterocycles. The number of carbonyl (C=O) groups excluding carboxylic acids is 1. The molecular formula is C14H20N4O. The molecule has 0 fully saturated rings. The first-order valence-corrected chi connectivity index (χ1v) is 6.24. The Morgan fingerprint density at radius 2 is 2.05 bits per heavy atom.